The molecule has 1 N–H and O–H groups in total. The minimum atomic E-state index is -0.531. The van der Waals surface area contributed by atoms with E-state index < -0.39 is 5.54 Å². The lowest BCUT2D eigenvalue weighted by Gasteiger charge is -2.52. The third kappa shape index (κ3) is 2.47. The second-order valence-corrected chi connectivity index (χ2v) is 7.53. The van der Waals surface area contributed by atoms with E-state index >= 15 is 0 Å². The predicted molar refractivity (Wildman–Crippen MR) is 81.6 cm³/mol. The van der Waals surface area contributed by atoms with Crippen LogP contribution < -0.4 is 5.32 Å². The third-order valence-electron chi connectivity index (χ3n) is 5.77. The van der Waals surface area contributed by atoms with E-state index in [1.165, 1.54) is 25.7 Å². The van der Waals surface area contributed by atoms with Crippen molar-refractivity contribution >= 4 is 11.8 Å². The minimum Gasteiger partial charge on any atom is -0.342 e. The number of carbonyl (C=O) groups excluding carboxylic acids is 2. The van der Waals surface area contributed by atoms with Gasteiger partial charge in [0.15, 0.2) is 0 Å². The van der Waals surface area contributed by atoms with Gasteiger partial charge in [0.25, 0.3) is 0 Å². The van der Waals surface area contributed by atoms with Crippen LogP contribution in [-0.4, -0.2) is 34.8 Å². The van der Waals surface area contributed by atoms with Gasteiger partial charge >= 0.3 is 0 Å². The predicted octanol–water partition coefficient (Wildman–Crippen LogP) is 2.47. The average Bonchev–Trinajstić information content (AvgIpc) is 2.42. The van der Waals surface area contributed by atoms with Crippen LogP contribution in [0.15, 0.2) is 0 Å². The van der Waals surface area contributed by atoms with Crippen molar-refractivity contribution < 1.29 is 9.59 Å². The summed E-state index contributed by atoms with van der Waals surface area (Å²) >= 11 is 0. The maximum atomic E-state index is 13.0. The fraction of sp³-hybridized carbons (Fsp3) is 0.882. The standard InChI is InChI=1S/C17H28N2O2/c1-12(2)14-15(20)19(11-13-7-6-8-13)17(16(21)18-14)9-4-3-5-10-17/h12-14H,3-11H2,1-2H3,(H,18,21). The first-order chi connectivity index (χ1) is 10.0. The van der Waals surface area contributed by atoms with Crippen LogP contribution in [0.3, 0.4) is 0 Å². The number of piperazine rings is 1. The maximum Gasteiger partial charge on any atom is 0.246 e. The highest BCUT2D eigenvalue weighted by molar-refractivity contribution is 6.00. The fourth-order valence-electron chi connectivity index (χ4n) is 4.12. The first-order valence-electron chi connectivity index (χ1n) is 8.67. The number of rotatable bonds is 3. The molecule has 2 aliphatic carbocycles. The van der Waals surface area contributed by atoms with Crippen LogP contribution in [0, 0.1) is 11.8 Å². The number of carbonyl (C=O) groups is 2. The number of amides is 2. The van der Waals surface area contributed by atoms with E-state index in [0.29, 0.717) is 5.92 Å². The smallest absolute Gasteiger partial charge is 0.246 e. The van der Waals surface area contributed by atoms with Crippen molar-refractivity contribution in [3.63, 3.8) is 0 Å². The van der Waals surface area contributed by atoms with Crippen molar-refractivity contribution in [2.75, 3.05) is 6.54 Å². The van der Waals surface area contributed by atoms with Gasteiger partial charge in [0, 0.05) is 6.54 Å². The van der Waals surface area contributed by atoms with Gasteiger partial charge in [-0.05, 0) is 37.5 Å². The van der Waals surface area contributed by atoms with Crippen LogP contribution in [-0.2, 0) is 9.59 Å². The molecule has 2 saturated carbocycles. The van der Waals surface area contributed by atoms with Gasteiger partial charge in [0.05, 0.1) is 0 Å². The van der Waals surface area contributed by atoms with Gasteiger partial charge in [-0.3, -0.25) is 9.59 Å². The largest absolute Gasteiger partial charge is 0.342 e. The van der Waals surface area contributed by atoms with Gasteiger partial charge in [-0.25, -0.2) is 0 Å². The fourth-order valence-corrected chi connectivity index (χ4v) is 4.12. The highest BCUT2D eigenvalue weighted by Crippen LogP contribution is 2.39. The molecular formula is C17H28N2O2. The van der Waals surface area contributed by atoms with Crippen LogP contribution in [0.5, 0.6) is 0 Å². The molecule has 1 spiro atoms. The van der Waals surface area contributed by atoms with E-state index in [4.69, 9.17) is 0 Å². The van der Waals surface area contributed by atoms with Crippen LogP contribution in [0.4, 0.5) is 0 Å². The lowest BCUT2D eigenvalue weighted by Crippen LogP contribution is -2.72. The number of nitrogens with one attached hydrogen (secondary N) is 1. The van der Waals surface area contributed by atoms with Crippen molar-refractivity contribution in [3.05, 3.63) is 0 Å². The topological polar surface area (TPSA) is 49.4 Å². The molecule has 1 atom stereocenters. The quantitative estimate of drug-likeness (QED) is 0.868. The van der Waals surface area contributed by atoms with Gasteiger partial charge in [-0.1, -0.05) is 39.5 Å². The summed E-state index contributed by atoms with van der Waals surface area (Å²) in [5.41, 5.74) is -0.531. The summed E-state index contributed by atoms with van der Waals surface area (Å²) in [7, 11) is 0. The molecule has 3 fully saturated rings. The number of nitrogens with zero attached hydrogens (tertiary/aromatic N) is 1. The van der Waals surface area contributed by atoms with E-state index in [9.17, 15) is 9.59 Å². The second kappa shape index (κ2) is 5.62. The Kier molecular flexibility index (Phi) is 3.98. The number of hydrogen-bond donors (Lipinski definition) is 1. The van der Waals surface area contributed by atoms with Crippen molar-refractivity contribution in [2.45, 2.75) is 76.8 Å². The molecule has 4 heteroatoms. The summed E-state index contributed by atoms with van der Waals surface area (Å²) in [6.07, 6.45) is 8.72. The number of hydrogen-bond acceptors (Lipinski definition) is 2. The van der Waals surface area contributed by atoms with E-state index in [-0.39, 0.29) is 23.8 Å². The average molecular weight is 292 g/mol. The van der Waals surface area contributed by atoms with Crippen LogP contribution in [0.25, 0.3) is 0 Å². The van der Waals surface area contributed by atoms with E-state index in [2.05, 4.69) is 5.32 Å². The molecule has 0 aromatic carbocycles. The molecule has 2 amide bonds. The van der Waals surface area contributed by atoms with E-state index in [0.717, 1.165) is 32.2 Å². The molecule has 0 aromatic rings. The summed E-state index contributed by atoms with van der Waals surface area (Å²) in [6.45, 7) is 4.84. The van der Waals surface area contributed by atoms with E-state index in [1.807, 2.05) is 18.7 Å². The molecule has 1 aliphatic heterocycles. The zero-order valence-corrected chi connectivity index (χ0v) is 13.4. The highest BCUT2D eigenvalue weighted by atomic mass is 16.2. The summed E-state index contributed by atoms with van der Waals surface area (Å²) in [4.78, 5) is 27.8. The zero-order chi connectivity index (χ0) is 15.0. The second-order valence-electron chi connectivity index (χ2n) is 7.53. The molecule has 1 saturated heterocycles. The first kappa shape index (κ1) is 14.9. The maximum absolute atomic E-state index is 13.0. The van der Waals surface area contributed by atoms with Crippen molar-refractivity contribution in [2.24, 2.45) is 11.8 Å². The summed E-state index contributed by atoms with van der Waals surface area (Å²) in [5, 5.41) is 3.04. The molecule has 3 aliphatic rings. The summed E-state index contributed by atoms with van der Waals surface area (Å²) < 4.78 is 0. The first-order valence-corrected chi connectivity index (χ1v) is 8.67. The normalized spacial score (nSPS) is 29.7. The van der Waals surface area contributed by atoms with Gasteiger partial charge < -0.3 is 10.2 Å². The molecule has 1 heterocycles. The molecule has 0 aromatic heterocycles. The Hall–Kier alpha value is -1.06. The molecule has 0 bridgehead atoms. The Bertz CT molecular complexity index is 423. The molecule has 3 rings (SSSR count). The molecular weight excluding hydrogens is 264 g/mol. The van der Waals surface area contributed by atoms with Crippen molar-refractivity contribution in [1.29, 1.82) is 0 Å². The Balaban J connectivity index is 1.88. The van der Waals surface area contributed by atoms with Crippen molar-refractivity contribution in [3.8, 4) is 0 Å². The third-order valence-corrected chi connectivity index (χ3v) is 5.77. The molecule has 21 heavy (non-hydrogen) atoms. The Morgan fingerprint density at radius 3 is 2.33 bits per heavy atom. The van der Waals surface area contributed by atoms with E-state index in [1.54, 1.807) is 0 Å². The lowest BCUT2D eigenvalue weighted by atomic mass is 9.75. The SMILES string of the molecule is CC(C)C1NC(=O)C2(CCCCC2)N(CC2CCC2)C1=O. The van der Waals surface area contributed by atoms with Gasteiger partial charge in [-0.15, -0.1) is 0 Å². The minimum absolute atomic E-state index is 0.111. The van der Waals surface area contributed by atoms with Crippen LogP contribution in [0.2, 0.25) is 0 Å². The molecule has 118 valence electrons. The van der Waals surface area contributed by atoms with Gasteiger partial charge in [0.2, 0.25) is 11.8 Å². The van der Waals surface area contributed by atoms with Gasteiger partial charge in [0.1, 0.15) is 11.6 Å². The Morgan fingerprint density at radius 1 is 1.14 bits per heavy atom. The summed E-state index contributed by atoms with van der Waals surface area (Å²) in [5.74, 6) is 1.05. The highest BCUT2D eigenvalue weighted by Gasteiger charge is 2.53. The van der Waals surface area contributed by atoms with Crippen molar-refractivity contribution in [1.82, 2.24) is 10.2 Å². The zero-order valence-electron chi connectivity index (χ0n) is 13.4. The lowest BCUT2D eigenvalue weighted by molar-refractivity contribution is -0.163. The summed E-state index contributed by atoms with van der Waals surface area (Å²) in [6, 6.07) is -0.329. The molecule has 0 radical (unpaired) electrons. The Labute approximate surface area is 127 Å². The van der Waals surface area contributed by atoms with Gasteiger partial charge in [-0.2, -0.15) is 0 Å². The Morgan fingerprint density at radius 2 is 1.81 bits per heavy atom. The molecule has 1 unspecified atom stereocenters. The van der Waals surface area contributed by atoms with Crippen LogP contribution in [0.1, 0.15) is 65.2 Å². The van der Waals surface area contributed by atoms with Crippen LogP contribution >= 0.6 is 0 Å². The monoisotopic (exact) mass is 292 g/mol. The molecule has 4 nitrogen and oxygen atoms in total.